The van der Waals surface area contributed by atoms with Crippen LogP contribution in [0.25, 0.3) is 10.9 Å². The van der Waals surface area contributed by atoms with Crippen molar-refractivity contribution in [3.63, 3.8) is 0 Å². The molecule has 0 N–H and O–H groups in total. The minimum atomic E-state index is -0.617. The summed E-state index contributed by atoms with van der Waals surface area (Å²) in [5, 5.41) is 0.402. The third-order valence-electron chi connectivity index (χ3n) is 2.20. The van der Waals surface area contributed by atoms with Crippen molar-refractivity contribution in [2.24, 2.45) is 0 Å². The molecule has 0 saturated heterocycles. The Kier molecular flexibility index (Phi) is 2.48. The predicted octanol–water partition coefficient (Wildman–Crippen LogP) is 1.74. The zero-order valence-corrected chi connectivity index (χ0v) is 9.58. The molecule has 0 unspecified atom stereocenters. The molecule has 0 spiro atoms. The molecule has 5 heteroatoms. The van der Waals surface area contributed by atoms with Gasteiger partial charge in [0.2, 0.25) is 0 Å². The molecule has 1 heterocycles. The first kappa shape index (κ1) is 10.2. The molecule has 0 atom stereocenters. The van der Waals surface area contributed by atoms with Gasteiger partial charge in [-0.2, -0.15) is 0 Å². The Morgan fingerprint density at radius 1 is 1.40 bits per heavy atom. The first-order valence-corrected chi connectivity index (χ1v) is 5.26. The van der Waals surface area contributed by atoms with Gasteiger partial charge in [0.15, 0.2) is 0 Å². The Balaban J connectivity index is 3.10. The molecule has 0 radical (unpaired) electrons. The third-order valence-corrected chi connectivity index (χ3v) is 2.86. The van der Waals surface area contributed by atoms with E-state index in [-0.39, 0.29) is 0 Å². The van der Waals surface area contributed by atoms with E-state index in [2.05, 4.69) is 20.3 Å². The number of benzene rings is 1. The minimum Gasteiger partial charge on any atom is -0.372 e. The molecular weight excluding hydrogens is 262 g/mol. The van der Waals surface area contributed by atoms with Gasteiger partial charge in [0.1, 0.15) is 0 Å². The Morgan fingerprint density at radius 3 is 2.80 bits per heavy atom. The molecule has 0 aliphatic carbocycles. The van der Waals surface area contributed by atoms with Gasteiger partial charge < -0.3 is 4.42 Å². The maximum Gasteiger partial charge on any atom is 0.422 e. The standard InChI is InChI=1S/C10H8BrNO3/c1-2-12-7-5-3-4-6(11)8(7)9(13)15-10(12)14/h3-5H,2H2,1H3. The highest BCUT2D eigenvalue weighted by molar-refractivity contribution is 9.10. The number of aromatic nitrogens is 1. The highest BCUT2D eigenvalue weighted by Crippen LogP contribution is 2.19. The van der Waals surface area contributed by atoms with E-state index >= 15 is 0 Å². The summed E-state index contributed by atoms with van der Waals surface area (Å²) in [6.45, 7) is 2.29. The number of aryl methyl sites for hydroxylation is 1. The molecule has 0 amide bonds. The van der Waals surface area contributed by atoms with Crippen LogP contribution in [0.1, 0.15) is 6.92 Å². The minimum absolute atomic E-state index is 0.402. The summed E-state index contributed by atoms with van der Waals surface area (Å²) in [6.07, 6.45) is 0. The second kappa shape index (κ2) is 3.66. The summed E-state index contributed by atoms with van der Waals surface area (Å²) >= 11 is 3.26. The fourth-order valence-electron chi connectivity index (χ4n) is 1.52. The number of hydrogen-bond acceptors (Lipinski definition) is 3. The van der Waals surface area contributed by atoms with Gasteiger partial charge in [-0.15, -0.1) is 0 Å². The van der Waals surface area contributed by atoms with Gasteiger partial charge in [-0.3, -0.25) is 4.57 Å². The quantitative estimate of drug-likeness (QED) is 0.793. The lowest BCUT2D eigenvalue weighted by Gasteiger charge is -2.05. The predicted molar refractivity (Wildman–Crippen MR) is 60.1 cm³/mol. The van der Waals surface area contributed by atoms with Gasteiger partial charge in [-0.05, 0) is 35.0 Å². The SMILES string of the molecule is CCn1c(=O)oc(=O)c2c(Br)cccc21. The van der Waals surface area contributed by atoms with Crippen LogP contribution in [0, 0.1) is 0 Å². The Labute approximate surface area is 93.3 Å². The topological polar surface area (TPSA) is 52.2 Å². The van der Waals surface area contributed by atoms with Crippen LogP contribution < -0.4 is 11.4 Å². The van der Waals surface area contributed by atoms with Crippen LogP contribution >= 0.6 is 15.9 Å². The van der Waals surface area contributed by atoms with Crippen LogP contribution in [0.15, 0.2) is 36.7 Å². The van der Waals surface area contributed by atoms with Crippen molar-refractivity contribution >= 4 is 26.8 Å². The first-order valence-electron chi connectivity index (χ1n) is 4.47. The summed E-state index contributed by atoms with van der Waals surface area (Å²) < 4.78 is 6.67. The molecule has 4 nitrogen and oxygen atoms in total. The highest BCUT2D eigenvalue weighted by Gasteiger charge is 2.10. The molecule has 2 rings (SSSR count). The van der Waals surface area contributed by atoms with Crippen LogP contribution in [0.4, 0.5) is 0 Å². The van der Waals surface area contributed by atoms with E-state index in [4.69, 9.17) is 0 Å². The van der Waals surface area contributed by atoms with E-state index in [1.165, 1.54) is 4.57 Å². The Morgan fingerprint density at radius 2 is 2.13 bits per heavy atom. The Bertz CT molecular complexity index is 627. The third kappa shape index (κ3) is 1.52. The molecule has 78 valence electrons. The average molecular weight is 270 g/mol. The average Bonchev–Trinajstić information content (AvgIpc) is 2.17. The molecule has 2 aromatic rings. The van der Waals surface area contributed by atoms with Crippen molar-refractivity contribution in [3.8, 4) is 0 Å². The zero-order valence-electron chi connectivity index (χ0n) is 7.99. The molecule has 0 aliphatic rings. The summed E-state index contributed by atoms with van der Waals surface area (Å²) in [6, 6.07) is 5.24. The summed E-state index contributed by atoms with van der Waals surface area (Å²) in [4.78, 5) is 22.9. The number of rotatable bonds is 1. The van der Waals surface area contributed by atoms with Crippen LogP contribution in [0.3, 0.4) is 0 Å². The van der Waals surface area contributed by atoms with Gasteiger partial charge in [0.05, 0.1) is 10.9 Å². The van der Waals surface area contributed by atoms with Gasteiger partial charge >= 0.3 is 11.4 Å². The van der Waals surface area contributed by atoms with Crippen molar-refractivity contribution in [3.05, 3.63) is 43.6 Å². The summed E-state index contributed by atoms with van der Waals surface area (Å²) in [5.74, 6) is -0.617. The van der Waals surface area contributed by atoms with Crippen LogP contribution in [-0.2, 0) is 6.54 Å². The molecule has 0 aliphatic heterocycles. The number of halogens is 1. The maximum atomic E-state index is 11.5. The zero-order chi connectivity index (χ0) is 11.0. The molecule has 0 saturated carbocycles. The molecule has 1 aromatic carbocycles. The van der Waals surface area contributed by atoms with Crippen molar-refractivity contribution in [1.82, 2.24) is 4.57 Å². The van der Waals surface area contributed by atoms with Gasteiger partial charge in [-0.25, -0.2) is 9.59 Å². The molecule has 1 aromatic heterocycles. The van der Waals surface area contributed by atoms with Crippen LogP contribution in [-0.4, -0.2) is 4.57 Å². The first-order chi connectivity index (χ1) is 7.15. The summed E-state index contributed by atoms with van der Waals surface area (Å²) in [7, 11) is 0. The molecule has 15 heavy (non-hydrogen) atoms. The molecular formula is C10H8BrNO3. The number of hydrogen-bond donors (Lipinski definition) is 0. The van der Waals surface area contributed by atoms with Crippen molar-refractivity contribution in [2.45, 2.75) is 13.5 Å². The second-order valence-corrected chi connectivity index (χ2v) is 3.89. The van der Waals surface area contributed by atoms with Crippen molar-refractivity contribution < 1.29 is 4.42 Å². The van der Waals surface area contributed by atoms with Gasteiger partial charge in [0, 0.05) is 11.0 Å². The van der Waals surface area contributed by atoms with E-state index in [9.17, 15) is 9.59 Å². The number of fused-ring (bicyclic) bond motifs is 1. The fraction of sp³-hybridized carbons (Fsp3) is 0.200. The second-order valence-electron chi connectivity index (χ2n) is 3.03. The van der Waals surface area contributed by atoms with E-state index in [1.807, 2.05) is 6.92 Å². The van der Waals surface area contributed by atoms with E-state index < -0.39 is 11.4 Å². The van der Waals surface area contributed by atoms with Crippen molar-refractivity contribution in [1.29, 1.82) is 0 Å². The lowest BCUT2D eigenvalue weighted by atomic mass is 10.2. The molecule has 0 bridgehead atoms. The van der Waals surface area contributed by atoms with Crippen LogP contribution in [0.2, 0.25) is 0 Å². The van der Waals surface area contributed by atoms with E-state index in [0.29, 0.717) is 21.9 Å². The number of nitrogens with zero attached hydrogens (tertiary/aromatic N) is 1. The van der Waals surface area contributed by atoms with Gasteiger partial charge in [0.25, 0.3) is 0 Å². The molecule has 0 fully saturated rings. The highest BCUT2D eigenvalue weighted by atomic mass is 79.9. The normalized spacial score (nSPS) is 10.8. The van der Waals surface area contributed by atoms with Crippen molar-refractivity contribution in [2.75, 3.05) is 0 Å². The summed E-state index contributed by atoms with van der Waals surface area (Å²) in [5.41, 5.74) is -0.0136. The lowest BCUT2D eigenvalue weighted by molar-refractivity contribution is 0.421. The Hall–Kier alpha value is -1.36. The smallest absolute Gasteiger partial charge is 0.372 e. The van der Waals surface area contributed by atoms with E-state index in [1.54, 1.807) is 18.2 Å². The lowest BCUT2D eigenvalue weighted by Crippen LogP contribution is -2.24. The van der Waals surface area contributed by atoms with Gasteiger partial charge in [-0.1, -0.05) is 6.07 Å². The van der Waals surface area contributed by atoms with Crippen LogP contribution in [0.5, 0.6) is 0 Å². The largest absolute Gasteiger partial charge is 0.422 e. The fourth-order valence-corrected chi connectivity index (χ4v) is 2.04. The maximum absolute atomic E-state index is 11.5. The monoisotopic (exact) mass is 269 g/mol. The van der Waals surface area contributed by atoms with E-state index in [0.717, 1.165) is 0 Å².